The van der Waals surface area contributed by atoms with Gasteiger partial charge in [-0.3, -0.25) is 0 Å². The maximum absolute atomic E-state index is 6.61. The maximum atomic E-state index is 6.61. The van der Waals surface area contributed by atoms with E-state index in [2.05, 4.69) is 316 Å². The van der Waals surface area contributed by atoms with Crippen LogP contribution in [0.5, 0.6) is 0 Å². The molecule has 1 aliphatic rings. The van der Waals surface area contributed by atoms with Crippen LogP contribution in [0.2, 0.25) is 15.1 Å². The van der Waals surface area contributed by atoms with Crippen molar-refractivity contribution in [3.63, 3.8) is 0 Å². The van der Waals surface area contributed by atoms with Crippen molar-refractivity contribution in [2.24, 2.45) is 0 Å². The first-order chi connectivity index (χ1) is 68.5. The molecule has 0 amide bonds. The number of benzene rings is 21. The molecule has 5 aromatic heterocycles. The van der Waals surface area contributed by atoms with Gasteiger partial charge in [-0.05, 0) is 217 Å². The van der Waals surface area contributed by atoms with Crippen molar-refractivity contribution >= 4 is 159 Å². The monoisotopic (exact) mass is 1900 g/mol. The van der Waals surface area contributed by atoms with E-state index in [-0.39, 0.29) is 0 Å². The normalized spacial score (nSPS) is 11.6. The number of hydrogen-bond donors (Lipinski definition) is 0. The largest absolute Gasteiger partial charge is 0.309 e. The molecule has 0 bridgehead atoms. The smallest absolute Gasteiger partial charge is 0.164 e. The third-order valence-corrected chi connectivity index (χ3v) is 27.4. The van der Waals surface area contributed by atoms with E-state index < -0.39 is 0 Å². The molecule has 0 unspecified atom stereocenters. The second-order valence-corrected chi connectivity index (χ2v) is 36.6. The highest BCUT2D eigenvalue weighted by atomic mass is 79.9. The Hall–Kier alpha value is -16.8. The average Bonchev–Trinajstić information content (AvgIpc) is 1.58. The molecule has 0 fully saturated rings. The summed E-state index contributed by atoms with van der Waals surface area (Å²) in [5, 5.41) is 20.8. The molecule has 0 saturated heterocycles. The van der Waals surface area contributed by atoms with Gasteiger partial charge in [0.1, 0.15) is 0 Å². The Kier molecular flexibility index (Phi) is 22.5. The highest BCUT2D eigenvalue weighted by molar-refractivity contribution is 9.10. The van der Waals surface area contributed by atoms with Crippen LogP contribution in [0.4, 0.5) is 0 Å². The van der Waals surface area contributed by atoms with E-state index >= 15 is 0 Å². The van der Waals surface area contributed by atoms with Crippen LogP contribution >= 0.6 is 50.7 Å². The van der Waals surface area contributed by atoms with Gasteiger partial charge in [0.15, 0.2) is 52.4 Å². The summed E-state index contributed by atoms with van der Waals surface area (Å²) in [5.74, 6) is 5.84. The van der Waals surface area contributed by atoms with Crippen LogP contribution in [0, 0.1) is 0 Å². The average molecular weight is 1910 g/mol. The Morgan fingerprint density at radius 1 is 0.180 bits per heavy atom. The summed E-state index contributed by atoms with van der Waals surface area (Å²) in [6, 6.07) is 156. The molecular formula is C124H77BrCl3N11. The number of hydrogen-bond acceptors (Lipinski definition) is 9. The lowest BCUT2D eigenvalue weighted by Crippen LogP contribution is -2.00. The molecule has 15 heteroatoms. The highest BCUT2D eigenvalue weighted by Gasteiger charge is 2.24. The van der Waals surface area contributed by atoms with Crippen molar-refractivity contribution in [1.82, 2.24) is 54.0 Å². The van der Waals surface area contributed by atoms with Crippen molar-refractivity contribution < 1.29 is 0 Å². The zero-order valence-electron chi connectivity index (χ0n) is 74.4. The molecule has 5 heterocycles. The zero-order valence-corrected chi connectivity index (χ0v) is 78.3. The minimum absolute atomic E-state index is 0.631. The summed E-state index contributed by atoms with van der Waals surface area (Å²) < 4.78 is 5.66. The fraction of sp³-hybridized carbons (Fsp3) is 0.00806. The van der Waals surface area contributed by atoms with E-state index in [0.717, 1.165) is 153 Å². The van der Waals surface area contributed by atoms with Crippen LogP contribution in [0.15, 0.2) is 459 Å². The fourth-order valence-corrected chi connectivity index (χ4v) is 20.0. The molecular weight excluding hydrogens is 1830 g/mol. The molecule has 26 aromatic rings. The number of aromatic nitrogens is 11. The number of fused-ring (bicyclic) bond motifs is 15. The Morgan fingerprint density at radius 2 is 0.468 bits per heavy atom. The minimum Gasteiger partial charge on any atom is -0.309 e. The highest BCUT2D eigenvalue weighted by Crippen LogP contribution is 2.44. The first kappa shape index (κ1) is 85.1. The number of para-hydroxylation sites is 2. The van der Waals surface area contributed by atoms with Gasteiger partial charge in [-0.25, -0.2) is 44.9 Å². The van der Waals surface area contributed by atoms with Crippen molar-refractivity contribution in [3.05, 3.63) is 486 Å². The van der Waals surface area contributed by atoms with Gasteiger partial charge in [-0.2, -0.15) is 0 Å². The standard InChI is InChI=1S/2C41H25ClN4.C25H16BrN3.C17H11Cl/c2*42-36-15-8-13-30-24-38-35(25-34(30)36)33-14-6-7-16-37(33)46(38)32-21-19-28(20-22-32)40-43-39(27-10-2-1-3-11-27)44-41(45-40)31-18-17-26-9-4-5-12-29(26)23-31;26-22-14-12-19(13-15-22)24-27-23(18-7-2-1-3-8-18)28-25(29-24)21-11-10-17-6-4-5-9-20(17)16-21;18-17-7-3-5-12-9-13-8-11-4-1-2-6-14(11)15(13)10-16(12)17/h2*1-25H;1-16H;1-7,9-10H,8H2. The Bertz CT molecular complexity index is 8920. The van der Waals surface area contributed by atoms with Crippen LogP contribution < -0.4 is 0 Å². The maximum Gasteiger partial charge on any atom is 0.164 e. The topological polar surface area (TPSA) is 126 Å². The van der Waals surface area contributed by atoms with Gasteiger partial charge in [0.2, 0.25) is 0 Å². The number of nitrogens with zero attached hydrogens (tertiary/aromatic N) is 11. The zero-order chi connectivity index (χ0) is 93.0. The second-order valence-electron chi connectivity index (χ2n) is 34.5. The summed E-state index contributed by atoms with van der Waals surface area (Å²) in [5.41, 5.74) is 20.7. The molecule has 0 radical (unpaired) electrons. The van der Waals surface area contributed by atoms with Crippen molar-refractivity contribution in [3.8, 4) is 125 Å². The van der Waals surface area contributed by atoms with Crippen molar-refractivity contribution in [1.29, 1.82) is 0 Å². The predicted molar refractivity (Wildman–Crippen MR) is 580 cm³/mol. The van der Waals surface area contributed by atoms with E-state index in [1.165, 1.54) is 65.3 Å². The van der Waals surface area contributed by atoms with Crippen molar-refractivity contribution in [2.75, 3.05) is 0 Å². The summed E-state index contributed by atoms with van der Waals surface area (Å²) in [6.45, 7) is 0. The Labute approximate surface area is 823 Å². The van der Waals surface area contributed by atoms with Crippen molar-refractivity contribution in [2.45, 2.75) is 6.42 Å². The van der Waals surface area contributed by atoms with E-state index in [0.29, 0.717) is 52.4 Å². The molecule has 1 aliphatic carbocycles. The van der Waals surface area contributed by atoms with Gasteiger partial charge >= 0.3 is 0 Å². The van der Waals surface area contributed by atoms with Crippen LogP contribution in [-0.2, 0) is 6.42 Å². The van der Waals surface area contributed by atoms with E-state index in [1.54, 1.807) is 0 Å². The summed E-state index contributed by atoms with van der Waals surface area (Å²) in [6.07, 6.45) is 1.04. The fourth-order valence-electron chi connectivity index (χ4n) is 19.0. The summed E-state index contributed by atoms with van der Waals surface area (Å²) >= 11 is 23.0. The molecule has 0 N–H and O–H groups in total. The van der Waals surface area contributed by atoms with E-state index in [1.807, 2.05) is 164 Å². The Morgan fingerprint density at radius 3 is 0.849 bits per heavy atom. The van der Waals surface area contributed by atoms with Crippen LogP contribution in [0.1, 0.15) is 11.1 Å². The predicted octanol–water partition coefficient (Wildman–Crippen LogP) is 33.7. The lowest BCUT2D eigenvalue weighted by molar-refractivity contribution is 1.07. The number of rotatable bonds is 11. The molecule has 11 nitrogen and oxygen atoms in total. The quantitative estimate of drug-likeness (QED) is 0.124. The van der Waals surface area contributed by atoms with Gasteiger partial charge < -0.3 is 9.13 Å². The molecule has 0 atom stereocenters. The summed E-state index contributed by atoms with van der Waals surface area (Å²) in [4.78, 5) is 44.1. The van der Waals surface area contributed by atoms with Gasteiger partial charge in [-0.1, -0.05) is 366 Å². The first-order valence-electron chi connectivity index (χ1n) is 45.9. The lowest BCUT2D eigenvalue weighted by Gasteiger charge is -2.11. The minimum atomic E-state index is 0.631. The van der Waals surface area contributed by atoms with Gasteiger partial charge in [-0.15, -0.1) is 0 Å². The Balaban J connectivity index is 0.000000106. The SMILES string of the molecule is Brc1ccc(-c2nc(-c3ccccc3)nc(-c3ccc4ccccc4c3)n2)cc1.Clc1cccc2cc3c(cc12)-c1ccccc1C3.Clc1cccc2cc3c(cc12)c1ccccc1n3-c1ccc(-c2nc(-c3ccccc3)nc(-c3ccc4ccccc4c3)n2)cc1.Clc1cccc2cc3c(cc12)c1ccccc1n3-c1ccc(-c2nc(-c3ccccc3)nc(-c3ccc4ccccc4c3)n2)cc1. The molecule has 139 heavy (non-hydrogen) atoms. The molecule has 21 aromatic carbocycles. The molecule has 0 aliphatic heterocycles. The lowest BCUT2D eigenvalue weighted by atomic mass is 10.0. The second kappa shape index (κ2) is 36.8. The molecule has 656 valence electrons. The van der Waals surface area contributed by atoms with Crippen LogP contribution in [-0.4, -0.2) is 54.0 Å². The van der Waals surface area contributed by atoms with Gasteiger partial charge in [0.05, 0.1) is 22.1 Å². The van der Waals surface area contributed by atoms with E-state index in [9.17, 15) is 0 Å². The molecule has 0 spiro atoms. The van der Waals surface area contributed by atoms with Gasteiger partial charge in [0.25, 0.3) is 0 Å². The molecule has 27 rings (SSSR count). The van der Waals surface area contributed by atoms with Crippen LogP contribution in [0.25, 0.3) is 233 Å². The van der Waals surface area contributed by atoms with Gasteiger partial charge in [0, 0.05) is 119 Å². The first-order valence-corrected chi connectivity index (χ1v) is 47.8. The van der Waals surface area contributed by atoms with E-state index in [4.69, 9.17) is 79.7 Å². The molecule has 0 saturated carbocycles. The third-order valence-electron chi connectivity index (χ3n) is 25.9. The third kappa shape index (κ3) is 16.8. The van der Waals surface area contributed by atoms with Crippen LogP contribution in [0.3, 0.4) is 0 Å². The summed E-state index contributed by atoms with van der Waals surface area (Å²) in [7, 11) is 0. The number of halogens is 4.